The van der Waals surface area contributed by atoms with E-state index >= 15 is 0 Å². The Balaban J connectivity index is 1.62. The number of aryl methyl sites for hydroxylation is 1. The van der Waals surface area contributed by atoms with Crippen molar-refractivity contribution in [2.75, 3.05) is 45.6 Å². The fourth-order valence-electron chi connectivity index (χ4n) is 3.63. The number of nitrogens with one attached hydrogen (secondary N) is 1. The summed E-state index contributed by atoms with van der Waals surface area (Å²) in [7, 11) is 4.45. The number of likely N-dealkylation sites (N-methyl/N-ethyl adjacent to an activating group) is 1. The molecular weight excluding hydrogens is 334 g/mol. The molecule has 0 aliphatic carbocycles. The number of benzene rings is 1. The second kappa shape index (κ2) is 11.3. The van der Waals surface area contributed by atoms with Crippen molar-refractivity contribution in [1.29, 1.82) is 0 Å². The lowest BCUT2D eigenvalue weighted by Gasteiger charge is -2.38. The third kappa shape index (κ3) is 8.34. The van der Waals surface area contributed by atoms with Gasteiger partial charge in [-0.25, -0.2) is 4.79 Å². The molecule has 0 unspecified atom stereocenters. The zero-order valence-corrected chi connectivity index (χ0v) is 17.8. The SMILES string of the molecule is CCCCCCCCCCc1ccc(NC(=O)N2CC[N+](C)(C)CC2)cc1. The Morgan fingerprint density at radius 3 is 2.07 bits per heavy atom. The number of carbonyl (C=O) groups is 1. The smallest absolute Gasteiger partial charge is 0.322 e. The van der Waals surface area contributed by atoms with E-state index in [0.29, 0.717) is 0 Å². The van der Waals surface area contributed by atoms with Gasteiger partial charge in [-0.2, -0.15) is 0 Å². The van der Waals surface area contributed by atoms with Gasteiger partial charge in [0.25, 0.3) is 0 Å². The number of hydrogen-bond donors (Lipinski definition) is 1. The van der Waals surface area contributed by atoms with E-state index in [0.717, 1.165) is 42.8 Å². The summed E-state index contributed by atoms with van der Waals surface area (Å²) in [6.45, 7) is 5.96. The molecule has 152 valence electrons. The summed E-state index contributed by atoms with van der Waals surface area (Å²) in [4.78, 5) is 14.3. The number of piperazine rings is 1. The minimum atomic E-state index is 0.0329. The highest BCUT2D eigenvalue weighted by Crippen LogP contribution is 2.15. The van der Waals surface area contributed by atoms with E-state index in [1.54, 1.807) is 0 Å². The molecule has 1 fully saturated rings. The molecule has 0 spiro atoms. The Hall–Kier alpha value is -1.55. The van der Waals surface area contributed by atoms with E-state index in [2.05, 4.69) is 38.5 Å². The average molecular weight is 375 g/mol. The molecule has 1 heterocycles. The van der Waals surface area contributed by atoms with Crippen molar-refractivity contribution in [3.05, 3.63) is 29.8 Å². The lowest BCUT2D eigenvalue weighted by atomic mass is 10.0. The van der Waals surface area contributed by atoms with E-state index in [4.69, 9.17) is 0 Å². The molecule has 1 aliphatic heterocycles. The van der Waals surface area contributed by atoms with Gasteiger partial charge in [0.2, 0.25) is 0 Å². The first-order valence-corrected chi connectivity index (χ1v) is 11.0. The van der Waals surface area contributed by atoms with Crippen molar-refractivity contribution < 1.29 is 9.28 Å². The molecular formula is C23H40N3O+. The molecule has 0 bridgehead atoms. The normalized spacial score (nSPS) is 16.3. The quantitative estimate of drug-likeness (QED) is 0.438. The maximum Gasteiger partial charge on any atom is 0.322 e. The minimum absolute atomic E-state index is 0.0329. The molecule has 2 amide bonds. The molecule has 2 rings (SSSR count). The lowest BCUT2D eigenvalue weighted by Crippen LogP contribution is -2.56. The Labute approximate surface area is 166 Å². The van der Waals surface area contributed by atoms with Crippen LogP contribution in [0, 0.1) is 0 Å². The molecule has 4 heteroatoms. The number of carbonyl (C=O) groups excluding carboxylic acids is 1. The fraction of sp³-hybridized carbons (Fsp3) is 0.696. The van der Waals surface area contributed by atoms with Crippen molar-refractivity contribution in [2.24, 2.45) is 0 Å². The Morgan fingerprint density at radius 1 is 0.926 bits per heavy atom. The molecule has 0 aromatic heterocycles. The van der Waals surface area contributed by atoms with Gasteiger partial charge in [-0.15, -0.1) is 0 Å². The second-order valence-electron chi connectivity index (χ2n) is 8.72. The number of anilines is 1. The fourth-order valence-corrected chi connectivity index (χ4v) is 3.63. The number of nitrogens with zero attached hydrogens (tertiary/aromatic N) is 2. The van der Waals surface area contributed by atoms with E-state index in [9.17, 15) is 4.79 Å². The van der Waals surface area contributed by atoms with Crippen LogP contribution in [0.2, 0.25) is 0 Å². The standard InChI is InChI=1S/C23H39N3O/c1-4-5-6-7-8-9-10-11-12-21-13-15-22(16-14-21)24-23(27)25-17-19-26(2,3)20-18-25/h13-16H,4-12,17-20H2,1-3H3/p+1. The zero-order valence-electron chi connectivity index (χ0n) is 17.8. The van der Waals surface area contributed by atoms with Gasteiger partial charge in [-0.1, -0.05) is 64.0 Å². The molecule has 1 aliphatic rings. The van der Waals surface area contributed by atoms with Crippen molar-refractivity contribution >= 4 is 11.7 Å². The van der Waals surface area contributed by atoms with Crippen molar-refractivity contribution in [3.8, 4) is 0 Å². The molecule has 4 nitrogen and oxygen atoms in total. The number of urea groups is 1. The van der Waals surface area contributed by atoms with Crippen LogP contribution >= 0.6 is 0 Å². The van der Waals surface area contributed by atoms with Crippen LogP contribution in [0.15, 0.2) is 24.3 Å². The number of rotatable bonds is 10. The summed E-state index contributed by atoms with van der Waals surface area (Å²) in [5, 5.41) is 3.05. The second-order valence-corrected chi connectivity index (χ2v) is 8.72. The van der Waals surface area contributed by atoms with Gasteiger partial charge in [0.1, 0.15) is 0 Å². The van der Waals surface area contributed by atoms with Crippen LogP contribution in [0.25, 0.3) is 0 Å². The third-order valence-corrected chi connectivity index (χ3v) is 5.76. The number of hydrogen-bond acceptors (Lipinski definition) is 1. The largest absolute Gasteiger partial charge is 0.326 e. The summed E-state index contributed by atoms with van der Waals surface area (Å²) >= 11 is 0. The average Bonchev–Trinajstić information content (AvgIpc) is 2.65. The molecule has 1 aromatic carbocycles. The van der Waals surface area contributed by atoms with Crippen LogP contribution in [0.1, 0.15) is 63.9 Å². The number of unbranched alkanes of at least 4 members (excludes halogenated alkanes) is 7. The van der Waals surface area contributed by atoms with Gasteiger partial charge in [-0.3, -0.25) is 0 Å². The van der Waals surface area contributed by atoms with Crippen LogP contribution in [-0.4, -0.2) is 55.7 Å². The molecule has 1 N–H and O–H groups in total. The van der Waals surface area contributed by atoms with E-state index in [-0.39, 0.29) is 6.03 Å². The highest BCUT2D eigenvalue weighted by Gasteiger charge is 2.27. The molecule has 27 heavy (non-hydrogen) atoms. The topological polar surface area (TPSA) is 32.3 Å². The van der Waals surface area contributed by atoms with Gasteiger partial charge in [-0.05, 0) is 30.5 Å². The molecule has 1 aromatic rings. The van der Waals surface area contributed by atoms with E-state index < -0.39 is 0 Å². The zero-order chi connectivity index (χ0) is 19.5. The maximum atomic E-state index is 12.4. The minimum Gasteiger partial charge on any atom is -0.326 e. The van der Waals surface area contributed by atoms with Gasteiger partial charge >= 0.3 is 6.03 Å². The van der Waals surface area contributed by atoms with Crippen molar-refractivity contribution in [3.63, 3.8) is 0 Å². The van der Waals surface area contributed by atoms with Crippen LogP contribution in [-0.2, 0) is 6.42 Å². The van der Waals surface area contributed by atoms with Gasteiger partial charge in [0, 0.05) is 5.69 Å². The molecule has 1 saturated heterocycles. The maximum absolute atomic E-state index is 12.4. The highest BCUT2D eigenvalue weighted by atomic mass is 16.2. The first-order chi connectivity index (χ1) is 13.0. The van der Waals surface area contributed by atoms with E-state index in [1.165, 1.54) is 56.9 Å². The van der Waals surface area contributed by atoms with Crippen LogP contribution < -0.4 is 5.32 Å². The summed E-state index contributed by atoms with van der Waals surface area (Å²) in [6, 6.07) is 8.44. The summed E-state index contributed by atoms with van der Waals surface area (Å²) < 4.78 is 0.997. The lowest BCUT2D eigenvalue weighted by molar-refractivity contribution is -0.894. The monoisotopic (exact) mass is 374 g/mol. The van der Waals surface area contributed by atoms with E-state index in [1.807, 2.05) is 17.0 Å². The van der Waals surface area contributed by atoms with Gasteiger partial charge in [0.05, 0.1) is 40.3 Å². The summed E-state index contributed by atoms with van der Waals surface area (Å²) in [5.74, 6) is 0. The molecule has 0 saturated carbocycles. The first-order valence-electron chi connectivity index (χ1n) is 11.0. The molecule has 0 atom stereocenters. The summed E-state index contributed by atoms with van der Waals surface area (Å²) in [6.07, 6.45) is 12.0. The predicted octanol–water partition coefficient (Wildman–Crippen LogP) is 5.29. The highest BCUT2D eigenvalue weighted by molar-refractivity contribution is 5.89. The van der Waals surface area contributed by atoms with Gasteiger partial charge < -0.3 is 14.7 Å². The molecule has 0 radical (unpaired) electrons. The van der Waals surface area contributed by atoms with Crippen molar-refractivity contribution in [1.82, 2.24) is 4.90 Å². The number of quaternary nitrogens is 1. The Bertz CT molecular complexity index is 543. The summed E-state index contributed by atoms with van der Waals surface area (Å²) in [5.41, 5.74) is 2.27. The van der Waals surface area contributed by atoms with Crippen LogP contribution in [0.3, 0.4) is 0 Å². The number of amides is 2. The van der Waals surface area contributed by atoms with Gasteiger partial charge in [0.15, 0.2) is 0 Å². The Morgan fingerprint density at radius 2 is 1.48 bits per heavy atom. The third-order valence-electron chi connectivity index (χ3n) is 5.76. The van der Waals surface area contributed by atoms with Crippen molar-refractivity contribution in [2.45, 2.75) is 64.7 Å². The van der Waals surface area contributed by atoms with Crippen LogP contribution in [0.4, 0.5) is 10.5 Å². The predicted molar refractivity (Wildman–Crippen MR) is 115 cm³/mol. The Kier molecular flexibility index (Phi) is 9.12. The van der Waals surface area contributed by atoms with Crippen LogP contribution in [0.5, 0.6) is 0 Å². The first kappa shape index (κ1) is 21.7.